The van der Waals surface area contributed by atoms with Crippen molar-refractivity contribution >= 4 is 38.3 Å². The summed E-state index contributed by atoms with van der Waals surface area (Å²) in [6.45, 7) is 4.37. The number of hydrogen-bond donors (Lipinski definition) is 0. The predicted octanol–water partition coefficient (Wildman–Crippen LogP) is 5.77. The molecule has 0 saturated carbocycles. The van der Waals surface area contributed by atoms with Gasteiger partial charge in [-0.1, -0.05) is 23.7 Å². The smallest absolute Gasteiger partial charge is 0.354 e. The molecule has 33 heavy (non-hydrogen) atoms. The number of sulfone groups is 1. The average molecular weight is 498 g/mol. The molecule has 1 aliphatic rings. The van der Waals surface area contributed by atoms with Crippen molar-refractivity contribution in [2.24, 2.45) is 5.92 Å². The van der Waals surface area contributed by atoms with Gasteiger partial charge in [0.15, 0.2) is 20.8 Å². The van der Waals surface area contributed by atoms with Gasteiger partial charge in [-0.25, -0.2) is 18.4 Å². The lowest BCUT2D eigenvalue weighted by molar-refractivity contribution is -0.137. The second-order valence-electron chi connectivity index (χ2n) is 8.72. The summed E-state index contributed by atoms with van der Waals surface area (Å²) in [5.41, 5.74) is 0.551. The number of alkyl halides is 3. The lowest BCUT2D eigenvalue weighted by Crippen LogP contribution is -2.46. The van der Waals surface area contributed by atoms with Gasteiger partial charge in [0.25, 0.3) is 0 Å². The van der Waals surface area contributed by atoms with Gasteiger partial charge in [-0.2, -0.15) is 13.2 Å². The largest absolute Gasteiger partial charge is 0.416 e. The zero-order valence-corrected chi connectivity index (χ0v) is 19.7. The molecular weight excluding hydrogens is 475 g/mol. The third-order valence-corrected chi connectivity index (χ3v) is 9.34. The standard InChI is InChI=1S/C23H23ClF3N3O2S/c1-22(2,33(31,32)17-9-7-16(8-10-17)23(25,26)27)15-11-13-30(14-12-15)21-20(24)28-18-5-3-4-6-19(18)29-21/h3-10,15H,11-14H2,1-2H3. The lowest BCUT2D eigenvalue weighted by atomic mass is 9.86. The second kappa shape index (κ2) is 8.43. The molecule has 5 nitrogen and oxygen atoms in total. The van der Waals surface area contributed by atoms with E-state index in [1.807, 2.05) is 29.2 Å². The van der Waals surface area contributed by atoms with Crippen LogP contribution >= 0.6 is 11.6 Å². The Morgan fingerprint density at radius 1 is 0.939 bits per heavy atom. The Balaban J connectivity index is 1.52. The Labute approximate surface area is 195 Å². The van der Waals surface area contributed by atoms with Crippen LogP contribution in [0, 0.1) is 5.92 Å². The molecule has 1 aromatic heterocycles. The molecule has 0 unspecified atom stereocenters. The highest BCUT2D eigenvalue weighted by atomic mass is 35.5. The highest BCUT2D eigenvalue weighted by Crippen LogP contribution is 2.40. The molecule has 1 saturated heterocycles. The summed E-state index contributed by atoms with van der Waals surface area (Å²) < 4.78 is 64.1. The van der Waals surface area contributed by atoms with Crippen LogP contribution in [0.15, 0.2) is 53.4 Å². The fraction of sp³-hybridized carbons (Fsp3) is 0.391. The van der Waals surface area contributed by atoms with Crippen LogP contribution < -0.4 is 4.90 Å². The van der Waals surface area contributed by atoms with Crippen molar-refractivity contribution in [1.29, 1.82) is 0 Å². The molecule has 0 bridgehead atoms. The molecule has 0 atom stereocenters. The van der Waals surface area contributed by atoms with Gasteiger partial charge in [-0.15, -0.1) is 0 Å². The normalized spacial score (nSPS) is 16.4. The van der Waals surface area contributed by atoms with Crippen molar-refractivity contribution in [3.05, 3.63) is 59.2 Å². The van der Waals surface area contributed by atoms with Gasteiger partial charge in [0.1, 0.15) is 0 Å². The molecule has 10 heteroatoms. The SMILES string of the molecule is CC(C)(C1CCN(c2nc3ccccc3nc2Cl)CC1)S(=O)(=O)c1ccc(C(F)(F)F)cc1. The van der Waals surface area contributed by atoms with Crippen LogP contribution in [-0.2, 0) is 16.0 Å². The van der Waals surface area contributed by atoms with Crippen molar-refractivity contribution in [1.82, 2.24) is 9.97 Å². The molecule has 0 amide bonds. The molecule has 2 aromatic carbocycles. The molecule has 4 rings (SSSR count). The van der Waals surface area contributed by atoms with E-state index in [1.165, 1.54) is 0 Å². The molecule has 1 aliphatic heterocycles. The number of fused-ring (bicyclic) bond motifs is 1. The Hall–Kier alpha value is -2.39. The van der Waals surface area contributed by atoms with Crippen molar-refractivity contribution in [2.45, 2.75) is 42.5 Å². The number of halogens is 4. The minimum atomic E-state index is -4.52. The van der Waals surface area contributed by atoms with Gasteiger partial charge < -0.3 is 4.90 Å². The number of hydrogen-bond acceptors (Lipinski definition) is 5. The Kier molecular flexibility index (Phi) is 6.07. The van der Waals surface area contributed by atoms with Gasteiger partial charge in [0, 0.05) is 13.1 Å². The fourth-order valence-electron chi connectivity index (χ4n) is 4.30. The lowest BCUT2D eigenvalue weighted by Gasteiger charge is -2.40. The van der Waals surface area contributed by atoms with Crippen LogP contribution in [0.3, 0.4) is 0 Å². The van der Waals surface area contributed by atoms with E-state index in [0.717, 1.165) is 29.8 Å². The van der Waals surface area contributed by atoms with Gasteiger partial charge in [0.05, 0.1) is 26.2 Å². The number of nitrogens with zero attached hydrogens (tertiary/aromatic N) is 3. The molecular formula is C23H23ClF3N3O2S. The number of aromatic nitrogens is 2. The van der Waals surface area contributed by atoms with Crippen molar-refractivity contribution in [3.63, 3.8) is 0 Å². The Morgan fingerprint density at radius 2 is 1.48 bits per heavy atom. The predicted molar refractivity (Wildman–Crippen MR) is 122 cm³/mol. The van der Waals surface area contributed by atoms with E-state index in [9.17, 15) is 21.6 Å². The van der Waals surface area contributed by atoms with Crippen LogP contribution in [-0.4, -0.2) is 36.2 Å². The molecule has 176 valence electrons. The van der Waals surface area contributed by atoms with E-state index in [2.05, 4.69) is 9.97 Å². The molecule has 0 aliphatic carbocycles. The Morgan fingerprint density at radius 3 is 2.03 bits per heavy atom. The summed E-state index contributed by atoms with van der Waals surface area (Å²) in [5, 5.41) is 0.295. The minimum Gasteiger partial charge on any atom is -0.354 e. The molecule has 3 aromatic rings. The highest BCUT2D eigenvalue weighted by molar-refractivity contribution is 7.92. The first-order chi connectivity index (χ1) is 15.4. The first kappa shape index (κ1) is 23.8. The number of benzene rings is 2. The first-order valence-corrected chi connectivity index (χ1v) is 12.4. The maximum atomic E-state index is 13.3. The van der Waals surface area contributed by atoms with Crippen LogP contribution in [0.1, 0.15) is 32.3 Å². The molecule has 0 radical (unpaired) electrons. The van der Waals surface area contributed by atoms with E-state index < -0.39 is 26.3 Å². The summed E-state index contributed by atoms with van der Waals surface area (Å²) in [5.74, 6) is 0.380. The van der Waals surface area contributed by atoms with Gasteiger partial charge >= 0.3 is 6.18 Å². The monoisotopic (exact) mass is 497 g/mol. The maximum Gasteiger partial charge on any atom is 0.416 e. The summed E-state index contributed by atoms with van der Waals surface area (Å²) in [7, 11) is -3.86. The molecule has 0 N–H and O–H groups in total. The third kappa shape index (κ3) is 4.40. The minimum absolute atomic E-state index is 0.105. The van der Waals surface area contributed by atoms with E-state index in [1.54, 1.807) is 13.8 Å². The Bertz CT molecular complexity index is 1270. The number of para-hydroxylation sites is 2. The summed E-state index contributed by atoms with van der Waals surface area (Å²) in [4.78, 5) is 10.9. The number of rotatable bonds is 4. The fourth-order valence-corrected chi connectivity index (χ4v) is 6.33. The number of anilines is 1. The van der Waals surface area contributed by atoms with E-state index in [4.69, 9.17) is 11.6 Å². The van der Waals surface area contributed by atoms with Crippen molar-refractivity contribution in [3.8, 4) is 0 Å². The second-order valence-corrected chi connectivity index (χ2v) is 11.6. The maximum absolute atomic E-state index is 13.3. The van der Waals surface area contributed by atoms with Crippen LogP contribution in [0.25, 0.3) is 11.0 Å². The van der Waals surface area contributed by atoms with Crippen LogP contribution in [0.2, 0.25) is 5.15 Å². The van der Waals surface area contributed by atoms with Crippen LogP contribution in [0.5, 0.6) is 0 Å². The quantitative estimate of drug-likeness (QED) is 0.458. The zero-order chi connectivity index (χ0) is 24.0. The first-order valence-electron chi connectivity index (χ1n) is 10.5. The summed E-state index contributed by atoms with van der Waals surface area (Å²) >= 11 is 6.37. The zero-order valence-electron chi connectivity index (χ0n) is 18.1. The van der Waals surface area contributed by atoms with Crippen LogP contribution in [0.4, 0.5) is 19.0 Å². The van der Waals surface area contributed by atoms with E-state index in [0.29, 0.717) is 42.4 Å². The summed E-state index contributed by atoms with van der Waals surface area (Å²) in [6.07, 6.45) is -3.38. The topological polar surface area (TPSA) is 63.2 Å². The van der Waals surface area contributed by atoms with E-state index in [-0.39, 0.29) is 10.8 Å². The highest BCUT2D eigenvalue weighted by Gasteiger charge is 2.44. The van der Waals surface area contributed by atoms with Gasteiger partial charge in [0.2, 0.25) is 0 Å². The average Bonchev–Trinajstić information content (AvgIpc) is 2.78. The third-order valence-electron chi connectivity index (χ3n) is 6.47. The summed E-state index contributed by atoms with van der Waals surface area (Å²) in [6, 6.07) is 11.1. The van der Waals surface area contributed by atoms with E-state index >= 15 is 0 Å². The molecule has 2 heterocycles. The van der Waals surface area contributed by atoms with Crippen molar-refractivity contribution in [2.75, 3.05) is 18.0 Å². The van der Waals surface area contributed by atoms with Gasteiger partial charge in [-0.05, 0) is 69.0 Å². The van der Waals surface area contributed by atoms with Gasteiger partial charge in [-0.3, -0.25) is 0 Å². The molecule has 1 fully saturated rings. The van der Waals surface area contributed by atoms with Crippen molar-refractivity contribution < 1.29 is 21.6 Å². The molecule has 0 spiro atoms. The number of piperidine rings is 1.